The molecule has 0 spiro atoms. The summed E-state index contributed by atoms with van der Waals surface area (Å²) in [6, 6.07) is 27.4. The Hall–Kier alpha value is -2.92. The molecule has 4 nitrogen and oxygen atoms in total. The molecule has 3 rings (SSSR count). The van der Waals surface area contributed by atoms with E-state index in [1.807, 2.05) is 81.4 Å². The van der Waals surface area contributed by atoms with Gasteiger partial charge in [0.05, 0.1) is 0 Å². The molecule has 5 heteroatoms. The van der Waals surface area contributed by atoms with Crippen molar-refractivity contribution in [3.8, 4) is 0 Å². The van der Waals surface area contributed by atoms with Crippen LogP contribution in [0.5, 0.6) is 0 Å². The summed E-state index contributed by atoms with van der Waals surface area (Å²) in [7, 11) is 0. The van der Waals surface area contributed by atoms with Gasteiger partial charge >= 0.3 is 0 Å². The summed E-state index contributed by atoms with van der Waals surface area (Å²) in [5.74, 6) is -0.314. The van der Waals surface area contributed by atoms with Gasteiger partial charge in [-0.15, -0.1) is 0 Å². The van der Waals surface area contributed by atoms with E-state index in [1.54, 1.807) is 11.8 Å². The Bertz CT molecular complexity index is 1040. The molecule has 178 valence electrons. The quantitative estimate of drug-likeness (QED) is 0.378. The Morgan fingerprint density at radius 3 is 1.82 bits per heavy atom. The molecule has 1 N–H and O–H groups in total. The summed E-state index contributed by atoms with van der Waals surface area (Å²) in [6.07, 6.45) is 0.275. The van der Waals surface area contributed by atoms with Crippen molar-refractivity contribution in [2.45, 2.75) is 58.2 Å². The number of nitrogens with one attached hydrogen (secondary N) is 1. The number of carbonyl (C=O) groups excluding carboxylic acids is 2. The van der Waals surface area contributed by atoms with Gasteiger partial charge in [0.2, 0.25) is 11.8 Å². The lowest BCUT2D eigenvalue weighted by Gasteiger charge is -2.32. The van der Waals surface area contributed by atoms with Crippen molar-refractivity contribution in [1.29, 1.82) is 0 Å². The van der Waals surface area contributed by atoms with E-state index in [4.69, 9.17) is 0 Å². The first-order valence-corrected chi connectivity index (χ1v) is 12.4. The molecule has 0 aliphatic heterocycles. The normalized spacial score (nSPS) is 12.3. The predicted molar refractivity (Wildman–Crippen MR) is 141 cm³/mol. The number of halogens is 1. The zero-order valence-corrected chi connectivity index (χ0v) is 21.9. The molecule has 0 fully saturated rings. The van der Waals surface area contributed by atoms with Crippen molar-refractivity contribution >= 4 is 27.7 Å². The van der Waals surface area contributed by atoms with E-state index in [-0.39, 0.29) is 29.7 Å². The molecule has 0 saturated heterocycles. The summed E-state index contributed by atoms with van der Waals surface area (Å²) < 4.78 is 0.973. The van der Waals surface area contributed by atoms with Crippen molar-refractivity contribution in [2.75, 3.05) is 0 Å². The molecule has 0 bridgehead atoms. The second kappa shape index (κ2) is 11.5. The fraction of sp³-hybridized carbons (Fsp3) is 0.310. The van der Waals surface area contributed by atoms with E-state index < -0.39 is 6.04 Å². The van der Waals surface area contributed by atoms with Crippen LogP contribution >= 0.6 is 15.9 Å². The summed E-state index contributed by atoms with van der Waals surface area (Å²) in [4.78, 5) is 28.6. The zero-order chi connectivity index (χ0) is 24.7. The van der Waals surface area contributed by atoms with Crippen LogP contribution in [-0.4, -0.2) is 28.3 Å². The number of rotatable bonds is 8. The van der Waals surface area contributed by atoms with Crippen LogP contribution in [0.4, 0.5) is 0 Å². The molecule has 3 aromatic carbocycles. The first-order valence-electron chi connectivity index (χ1n) is 11.6. The Labute approximate surface area is 211 Å². The first kappa shape index (κ1) is 25.7. The van der Waals surface area contributed by atoms with Crippen LogP contribution in [0.3, 0.4) is 0 Å². The standard InChI is InChI=1S/C29H33BrN2O2/c1-21(28(34)31-29(2,3)4)32(20-22-15-17-25(30)18-16-22)27(33)19-26(23-11-7-5-8-12-23)24-13-9-6-10-14-24/h5-18,21,26H,19-20H2,1-4H3,(H,31,34). The van der Waals surface area contributed by atoms with Crippen LogP contribution in [0.1, 0.15) is 56.7 Å². The minimum atomic E-state index is -0.609. The number of carbonyl (C=O) groups is 2. The molecular weight excluding hydrogens is 488 g/mol. The van der Waals surface area contributed by atoms with E-state index in [0.29, 0.717) is 6.54 Å². The average molecular weight is 521 g/mol. The number of hydrogen-bond acceptors (Lipinski definition) is 2. The monoisotopic (exact) mass is 520 g/mol. The third-order valence-corrected chi connectivity index (χ3v) is 6.24. The second-order valence-electron chi connectivity index (χ2n) is 9.64. The molecule has 1 unspecified atom stereocenters. The Morgan fingerprint density at radius 1 is 0.853 bits per heavy atom. The van der Waals surface area contributed by atoms with Gasteiger partial charge in [0, 0.05) is 28.9 Å². The average Bonchev–Trinajstić information content (AvgIpc) is 2.81. The molecule has 1 atom stereocenters. The van der Waals surface area contributed by atoms with Gasteiger partial charge < -0.3 is 10.2 Å². The molecule has 2 amide bonds. The minimum Gasteiger partial charge on any atom is -0.350 e. The van der Waals surface area contributed by atoms with Gasteiger partial charge in [0.25, 0.3) is 0 Å². The third-order valence-electron chi connectivity index (χ3n) is 5.71. The van der Waals surface area contributed by atoms with Crippen LogP contribution in [0.15, 0.2) is 89.4 Å². The van der Waals surface area contributed by atoms with Crippen LogP contribution in [-0.2, 0) is 16.1 Å². The highest BCUT2D eigenvalue weighted by atomic mass is 79.9. The topological polar surface area (TPSA) is 49.4 Å². The van der Waals surface area contributed by atoms with E-state index >= 15 is 0 Å². The van der Waals surface area contributed by atoms with Crippen molar-refractivity contribution in [2.24, 2.45) is 0 Å². The van der Waals surface area contributed by atoms with Crippen LogP contribution < -0.4 is 5.32 Å². The van der Waals surface area contributed by atoms with E-state index in [2.05, 4.69) is 45.5 Å². The zero-order valence-electron chi connectivity index (χ0n) is 20.3. The smallest absolute Gasteiger partial charge is 0.242 e. The molecule has 0 aliphatic rings. The number of hydrogen-bond donors (Lipinski definition) is 1. The van der Waals surface area contributed by atoms with Gasteiger partial charge in [-0.2, -0.15) is 0 Å². The number of nitrogens with zero attached hydrogens (tertiary/aromatic N) is 1. The highest BCUT2D eigenvalue weighted by Crippen LogP contribution is 2.29. The lowest BCUT2D eigenvalue weighted by atomic mass is 9.88. The Morgan fingerprint density at radius 2 is 1.35 bits per heavy atom. The van der Waals surface area contributed by atoms with Gasteiger partial charge in [-0.25, -0.2) is 0 Å². The van der Waals surface area contributed by atoms with E-state index in [0.717, 1.165) is 21.2 Å². The number of amides is 2. The fourth-order valence-corrected chi connectivity index (χ4v) is 4.20. The third kappa shape index (κ3) is 7.29. The highest BCUT2D eigenvalue weighted by Gasteiger charge is 2.30. The van der Waals surface area contributed by atoms with Crippen LogP contribution in [0, 0.1) is 0 Å². The predicted octanol–water partition coefficient (Wildman–Crippen LogP) is 6.30. The first-order chi connectivity index (χ1) is 16.1. The largest absolute Gasteiger partial charge is 0.350 e. The molecule has 0 aromatic heterocycles. The Kier molecular flexibility index (Phi) is 8.67. The molecule has 0 aliphatic carbocycles. The lowest BCUT2D eigenvalue weighted by Crippen LogP contribution is -2.52. The minimum absolute atomic E-state index is 0.0582. The van der Waals surface area contributed by atoms with E-state index in [9.17, 15) is 9.59 Å². The van der Waals surface area contributed by atoms with Gasteiger partial charge in [0.15, 0.2) is 0 Å². The maximum Gasteiger partial charge on any atom is 0.242 e. The van der Waals surface area contributed by atoms with Gasteiger partial charge in [-0.1, -0.05) is 88.7 Å². The number of benzene rings is 3. The van der Waals surface area contributed by atoms with Gasteiger partial charge in [0.1, 0.15) is 6.04 Å². The molecule has 0 radical (unpaired) electrons. The van der Waals surface area contributed by atoms with Gasteiger partial charge in [-0.3, -0.25) is 9.59 Å². The lowest BCUT2D eigenvalue weighted by molar-refractivity contribution is -0.141. The van der Waals surface area contributed by atoms with Crippen molar-refractivity contribution < 1.29 is 9.59 Å². The summed E-state index contributed by atoms with van der Waals surface area (Å²) in [6.45, 7) is 8.00. The highest BCUT2D eigenvalue weighted by molar-refractivity contribution is 9.10. The molecule has 0 heterocycles. The molecule has 34 heavy (non-hydrogen) atoms. The van der Waals surface area contributed by atoms with Gasteiger partial charge in [-0.05, 0) is 56.5 Å². The summed E-state index contributed by atoms with van der Waals surface area (Å²) >= 11 is 3.47. The molecule has 0 saturated carbocycles. The summed E-state index contributed by atoms with van der Waals surface area (Å²) in [5.41, 5.74) is 2.76. The maximum absolute atomic E-state index is 13.8. The summed E-state index contributed by atoms with van der Waals surface area (Å²) in [5, 5.41) is 3.03. The van der Waals surface area contributed by atoms with E-state index in [1.165, 1.54) is 0 Å². The second-order valence-corrected chi connectivity index (χ2v) is 10.6. The molecular formula is C29H33BrN2O2. The fourth-order valence-electron chi connectivity index (χ4n) is 3.93. The SMILES string of the molecule is CC(C(=O)NC(C)(C)C)N(Cc1ccc(Br)cc1)C(=O)CC(c1ccccc1)c1ccccc1. The van der Waals surface area contributed by atoms with Crippen molar-refractivity contribution in [1.82, 2.24) is 10.2 Å². The maximum atomic E-state index is 13.8. The van der Waals surface area contributed by atoms with Crippen molar-refractivity contribution in [3.63, 3.8) is 0 Å². The van der Waals surface area contributed by atoms with Crippen molar-refractivity contribution in [3.05, 3.63) is 106 Å². The Balaban J connectivity index is 1.92. The van der Waals surface area contributed by atoms with Crippen LogP contribution in [0.2, 0.25) is 0 Å². The molecule has 3 aromatic rings. The van der Waals surface area contributed by atoms with Crippen LogP contribution in [0.25, 0.3) is 0 Å².